The topological polar surface area (TPSA) is 64.0 Å². The van der Waals surface area contributed by atoms with Crippen molar-refractivity contribution in [3.05, 3.63) is 0 Å². The summed E-state index contributed by atoms with van der Waals surface area (Å²) in [4.78, 5) is 10.7. The minimum atomic E-state index is -0.861. The van der Waals surface area contributed by atoms with Crippen molar-refractivity contribution in [2.45, 2.75) is 13.1 Å². The summed E-state index contributed by atoms with van der Waals surface area (Å²) in [6.07, 6.45) is -0.861. The van der Waals surface area contributed by atoms with Crippen molar-refractivity contribution in [3.63, 3.8) is 0 Å². The van der Waals surface area contributed by atoms with E-state index in [1.54, 1.807) is 0 Å². The highest BCUT2D eigenvalue weighted by molar-refractivity contribution is 5.80. The summed E-state index contributed by atoms with van der Waals surface area (Å²) in [6.45, 7) is 1.93. The molecule has 1 fully saturated rings. The molecule has 58 valence electrons. The van der Waals surface area contributed by atoms with Gasteiger partial charge in [0.15, 0.2) is 11.9 Å². The lowest BCUT2D eigenvalue weighted by molar-refractivity contribution is -0.195. The van der Waals surface area contributed by atoms with Crippen molar-refractivity contribution in [2.75, 3.05) is 13.1 Å². The van der Waals surface area contributed by atoms with Crippen molar-refractivity contribution in [1.82, 2.24) is 10.1 Å². The normalized spacial score (nSPS) is 23.9. The monoisotopic (exact) mass is 146 g/mol. The number of hydrogen-bond acceptors (Lipinski definition) is 5. The zero-order chi connectivity index (χ0) is 7.72. The van der Waals surface area contributed by atoms with E-state index in [4.69, 9.17) is 10.4 Å². The molecule has 1 saturated heterocycles. The summed E-state index contributed by atoms with van der Waals surface area (Å²) in [6, 6.07) is 0. The van der Waals surface area contributed by atoms with Gasteiger partial charge in [-0.3, -0.25) is 4.79 Å². The van der Waals surface area contributed by atoms with Gasteiger partial charge >= 0.3 is 0 Å². The van der Waals surface area contributed by atoms with Gasteiger partial charge < -0.3 is 10.4 Å². The van der Waals surface area contributed by atoms with Gasteiger partial charge in [-0.1, -0.05) is 0 Å². The second kappa shape index (κ2) is 2.63. The van der Waals surface area contributed by atoms with E-state index in [2.05, 4.69) is 0 Å². The molecule has 1 rings (SSSR count). The second-order valence-electron chi connectivity index (χ2n) is 2.31. The average molecular weight is 146 g/mol. The van der Waals surface area contributed by atoms with E-state index in [-0.39, 0.29) is 5.78 Å². The Morgan fingerprint density at radius 3 is 2.00 bits per heavy atom. The predicted octanol–water partition coefficient (Wildman–Crippen LogP) is -0.703. The Balaban J connectivity index is 2.63. The number of ketones is 1. The molecule has 1 aliphatic rings. The molecular formula is C5H10N2O3. The highest BCUT2D eigenvalue weighted by Crippen LogP contribution is 2.09. The number of nitrogens with zero attached hydrogens (tertiary/aromatic N) is 2. The summed E-state index contributed by atoms with van der Waals surface area (Å²) in [7, 11) is 0. The first-order valence-electron chi connectivity index (χ1n) is 3.04. The van der Waals surface area contributed by atoms with Gasteiger partial charge in [-0.15, -0.1) is 0 Å². The Bertz CT molecular complexity index is 140. The molecule has 0 radical (unpaired) electrons. The second-order valence-corrected chi connectivity index (χ2v) is 2.31. The first kappa shape index (κ1) is 7.62. The molecule has 1 heterocycles. The van der Waals surface area contributed by atoms with Crippen LogP contribution in [0.3, 0.4) is 0 Å². The Kier molecular flexibility index (Phi) is 2.00. The molecule has 0 aliphatic carbocycles. The van der Waals surface area contributed by atoms with Gasteiger partial charge in [0.25, 0.3) is 0 Å². The Morgan fingerprint density at radius 2 is 1.80 bits per heavy atom. The fourth-order valence-electron chi connectivity index (χ4n) is 1.02. The van der Waals surface area contributed by atoms with Gasteiger partial charge in [-0.05, 0) is 6.92 Å². The van der Waals surface area contributed by atoms with E-state index in [9.17, 15) is 4.79 Å². The van der Waals surface area contributed by atoms with Crippen LogP contribution in [0.4, 0.5) is 0 Å². The van der Waals surface area contributed by atoms with Crippen molar-refractivity contribution in [3.8, 4) is 0 Å². The lowest BCUT2D eigenvalue weighted by atomic mass is 10.3. The fourth-order valence-corrected chi connectivity index (χ4v) is 1.02. The zero-order valence-electron chi connectivity index (χ0n) is 5.69. The molecule has 0 aromatic carbocycles. The Morgan fingerprint density at radius 1 is 1.40 bits per heavy atom. The number of hydroxylamine groups is 4. The van der Waals surface area contributed by atoms with Gasteiger partial charge in [0.1, 0.15) is 0 Å². The van der Waals surface area contributed by atoms with Crippen molar-refractivity contribution in [1.29, 1.82) is 0 Å². The summed E-state index contributed by atoms with van der Waals surface area (Å²) in [5.41, 5.74) is 0. The number of hydrogen-bond donors (Lipinski definition) is 2. The third-order valence-corrected chi connectivity index (χ3v) is 1.49. The van der Waals surface area contributed by atoms with E-state index in [0.717, 1.165) is 10.1 Å². The summed E-state index contributed by atoms with van der Waals surface area (Å²) < 4.78 is 0. The molecule has 0 aromatic heterocycles. The van der Waals surface area contributed by atoms with Gasteiger partial charge in [-0.25, -0.2) is 0 Å². The smallest absolute Gasteiger partial charge is 0.168 e. The molecular weight excluding hydrogens is 136 g/mol. The van der Waals surface area contributed by atoms with Crippen LogP contribution < -0.4 is 0 Å². The third-order valence-electron chi connectivity index (χ3n) is 1.49. The maximum absolute atomic E-state index is 10.7. The molecule has 1 aliphatic heterocycles. The molecule has 0 atom stereocenters. The predicted molar refractivity (Wildman–Crippen MR) is 31.5 cm³/mol. The maximum atomic E-state index is 10.7. The quantitative estimate of drug-likeness (QED) is 0.512. The van der Waals surface area contributed by atoms with Crippen LogP contribution in [0.2, 0.25) is 0 Å². The van der Waals surface area contributed by atoms with Crippen LogP contribution in [0.15, 0.2) is 0 Å². The molecule has 0 amide bonds. The SMILES string of the molecule is CC(=O)C1N(O)CCN1O. The highest BCUT2D eigenvalue weighted by atomic mass is 16.6. The first-order chi connectivity index (χ1) is 4.63. The molecule has 0 aromatic rings. The van der Waals surface area contributed by atoms with Crippen LogP contribution in [0.5, 0.6) is 0 Å². The van der Waals surface area contributed by atoms with Crippen molar-refractivity contribution < 1.29 is 15.2 Å². The average Bonchev–Trinajstić information content (AvgIpc) is 2.11. The summed E-state index contributed by atoms with van der Waals surface area (Å²) in [5, 5.41) is 19.5. The van der Waals surface area contributed by atoms with Gasteiger partial charge in [0.05, 0.1) is 0 Å². The molecule has 0 unspecified atom stereocenters. The zero-order valence-corrected chi connectivity index (χ0v) is 5.69. The van der Waals surface area contributed by atoms with E-state index < -0.39 is 6.17 Å². The number of carbonyl (C=O) groups is 1. The fraction of sp³-hybridized carbons (Fsp3) is 0.800. The standard InChI is InChI=1S/C5H10N2O3/c1-4(8)5-6(9)2-3-7(5)10/h5,9-10H,2-3H2,1H3. The van der Waals surface area contributed by atoms with Crippen LogP contribution >= 0.6 is 0 Å². The van der Waals surface area contributed by atoms with Gasteiger partial charge in [-0.2, -0.15) is 10.1 Å². The van der Waals surface area contributed by atoms with Gasteiger partial charge in [0.2, 0.25) is 0 Å². The van der Waals surface area contributed by atoms with Crippen molar-refractivity contribution in [2.24, 2.45) is 0 Å². The lowest BCUT2D eigenvalue weighted by Crippen LogP contribution is -2.40. The minimum Gasteiger partial charge on any atom is -0.312 e. The maximum Gasteiger partial charge on any atom is 0.168 e. The molecule has 5 nitrogen and oxygen atoms in total. The number of carbonyl (C=O) groups excluding carboxylic acids is 1. The molecule has 10 heavy (non-hydrogen) atoms. The van der Waals surface area contributed by atoms with E-state index >= 15 is 0 Å². The van der Waals surface area contributed by atoms with Crippen LogP contribution in [0.1, 0.15) is 6.92 Å². The number of Topliss-reactive ketones (excluding diaryl/α,β-unsaturated/α-hetero) is 1. The van der Waals surface area contributed by atoms with Crippen LogP contribution in [-0.4, -0.2) is 45.6 Å². The van der Waals surface area contributed by atoms with Crippen LogP contribution in [0.25, 0.3) is 0 Å². The first-order valence-corrected chi connectivity index (χ1v) is 3.04. The molecule has 2 N–H and O–H groups in total. The van der Waals surface area contributed by atoms with Gasteiger partial charge in [0, 0.05) is 13.1 Å². The summed E-state index contributed by atoms with van der Waals surface area (Å²) in [5.74, 6) is -0.262. The minimum absolute atomic E-state index is 0.262. The number of rotatable bonds is 1. The Hall–Kier alpha value is -0.490. The van der Waals surface area contributed by atoms with Crippen molar-refractivity contribution >= 4 is 5.78 Å². The van der Waals surface area contributed by atoms with E-state index in [1.807, 2.05) is 0 Å². The molecule has 0 bridgehead atoms. The Labute approximate surface area is 58.4 Å². The molecule has 0 spiro atoms. The molecule has 0 saturated carbocycles. The van der Waals surface area contributed by atoms with E-state index in [0.29, 0.717) is 13.1 Å². The lowest BCUT2D eigenvalue weighted by Gasteiger charge is -2.17. The third kappa shape index (κ3) is 1.17. The van der Waals surface area contributed by atoms with Crippen LogP contribution in [-0.2, 0) is 4.79 Å². The summed E-state index contributed by atoms with van der Waals surface area (Å²) >= 11 is 0. The van der Waals surface area contributed by atoms with Crippen LogP contribution in [0, 0.1) is 0 Å². The largest absolute Gasteiger partial charge is 0.312 e. The highest BCUT2D eigenvalue weighted by Gasteiger charge is 2.33. The van der Waals surface area contributed by atoms with E-state index in [1.165, 1.54) is 6.92 Å². The molecule has 5 heteroatoms.